The summed E-state index contributed by atoms with van der Waals surface area (Å²) in [5.41, 5.74) is 7.52. The van der Waals surface area contributed by atoms with Crippen molar-refractivity contribution in [1.82, 2.24) is 0 Å². The van der Waals surface area contributed by atoms with E-state index < -0.39 is 0 Å². The highest BCUT2D eigenvalue weighted by molar-refractivity contribution is 5.53. The highest BCUT2D eigenvalue weighted by Crippen LogP contribution is 2.28. The third-order valence-corrected chi connectivity index (χ3v) is 4.79. The average Bonchev–Trinajstić information content (AvgIpc) is 2.95. The van der Waals surface area contributed by atoms with Crippen LogP contribution in [0.5, 0.6) is 0 Å². The number of anilines is 1. The van der Waals surface area contributed by atoms with Crippen molar-refractivity contribution in [2.45, 2.75) is 32.1 Å². The zero-order valence-electron chi connectivity index (χ0n) is 11.9. The number of rotatable bonds is 2. The van der Waals surface area contributed by atoms with E-state index in [1.54, 1.807) is 11.1 Å². The van der Waals surface area contributed by atoms with Gasteiger partial charge in [-0.25, -0.2) is 0 Å². The Balaban J connectivity index is 1.50. The lowest BCUT2D eigenvalue weighted by Crippen LogP contribution is -2.24. The van der Waals surface area contributed by atoms with E-state index in [2.05, 4.69) is 47.8 Å². The van der Waals surface area contributed by atoms with Crippen molar-refractivity contribution in [2.75, 3.05) is 11.9 Å². The largest absolute Gasteiger partial charge is 0.385 e. The molecule has 1 unspecified atom stereocenters. The lowest BCUT2D eigenvalue weighted by atomic mass is 9.88. The maximum atomic E-state index is 3.59. The number of nitrogens with one attached hydrogen (secondary N) is 1. The van der Waals surface area contributed by atoms with Gasteiger partial charge in [0.15, 0.2) is 0 Å². The molecule has 1 aliphatic heterocycles. The van der Waals surface area contributed by atoms with Crippen molar-refractivity contribution in [3.05, 3.63) is 64.7 Å². The molecule has 1 N–H and O–H groups in total. The minimum Gasteiger partial charge on any atom is -0.385 e. The normalized spacial score (nSPS) is 20.1. The van der Waals surface area contributed by atoms with Crippen molar-refractivity contribution >= 4 is 5.69 Å². The summed E-state index contributed by atoms with van der Waals surface area (Å²) in [6.45, 7) is 1.11. The Bertz CT molecular complexity index is 629. The summed E-state index contributed by atoms with van der Waals surface area (Å²) in [5, 5.41) is 3.59. The topological polar surface area (TPSA) is 12.0 Å². The summed E-state index contributed by atoms with van der Waals surface area (Å²) in [7, 11) is 0. The molecule has 0 bridgehead atoms. The molecule has 1 heterocycles. The van der Waals surface area contributed by atoms with Gasteiger partial charge < -0.3 is 5.32 Å². The number of fused-ring (bicyclic) bond motifs is 2. The first-order chi connectivity index (χ1) is 9.88. The van der Waals surface area contributed by atoms with Crippen LogP contribution in [0.3, 0.4) is 0 Å². The van der Waals surface area contributed by atoms with Crippen molar-refractivity contribution in [3.63, 3.8) is 0 Å². The van der Waals surface area contributed by atoms with Gasteiger partial charge in [-0.05, 0) is 66.3 Å². The number of para-hydroxylation sites is 1. The molecule has 0 fully saturated rings. The molecule has 0 saturated carbocycles. The summed E-state index contributed by atoms with van der Waals surface area (Å²) in [6.07, 6.45) is 6.33. The van der Waals surface area contributed by atoms with Gasteiger partial charge in [0.05, 0.1) is 0 Å². The van der Waals surface area contributed by atoms with Crippen LogP contribution in [0.25, 0.3) is 0 Å². The van der Waals surface area contributed by atoms with Crippen LogP contribution in [0.4, 0.5) is 5.69 Å². The maximum Gasteiger partial charge on any atom is 0.0372 e. The fourth-order valence-electron chi connectivity index (χ4n) is 3.74. The summed E-state index contributed by atoms with van der Waals surface area (Å²) in [5.74, 6) is 0.726. The van der Waals surface area contributed by atoms with Crippen LogP contribution in [0, 0.1) is 5.92 Å². The van der Waals surface area contributed by atoms with Gasteiger partial charge in [0.25, 0.3) is 0 Å². The second-order valence-electron chi connectivity index (χ2n) is 6.27. The molecular weight excluding hydrogens is 242 g/mol. The summed E-state index contributed by atoms with van der Waals surface area (Å²) >= 11 is 0. The van der Waals surface area contributed by atoms with Crippen LogP contribution >= 0.6 is 0 Å². The molecule has 1 nitrogen and oxygen atoms in total. The second-order valence-corrected chi connectivity index (χ2v) is 6.27. The van der Waals surface area contributed by atoms with Crippen LogP contribution in [0.15, 0.2) is 42.5 Å². The monoisotopic (exact) mass is 263 g/mol. The van der Waals surface area contributed by atoms with Crippen molar-refractivity contribution in [2.24, 2.45) is 5.92 Å². The minimum atomic E-state index is 0.726. The van der Waals surface area contributed by atoms with E-state index in [0.717, 1.165) is 12.5 Å². The van der Waals surface area contributed by atoms with Gasteiger partial charge >= 0.3 is 0 Å². The molecule has 2 aromatic rings. The van der Waals surface area contributed by atoms with Gasteiger partial charge in [-0.15, -0.1) is 0 Å². The summed E-state index contributed by atoms with van der Waals surface area (Å²) in [4.78, 5) is 0. The van der Waals surface area contributed by atoms with E-state index in [4.69, 9.17) is 0 Å². The number of hydrogen-bond acceptors (Lipinski definition) is 1. The van der Waals surface area contributed by atoms with Crippen molar-refractivity contribution < 1.29 is 0 Å². The fraction of sp³-hybridized carbons (Fsp3) is 0.368. The zero-order valence-corrected chi connectivity index (χ0v) is 11.9. The first-order valence-electron chi connectivity index (χ1n) is 7.81. The lowest BCUT2D eigenvalue weighted by molar-refractivity contribution is 0.535. The molecule has 1 heteroatoms. The van der Waals surface area contributed by atoms with E-state index in [1.165, 1.54) is 48.9 Å². The Morgan fingerprint density at radius 2 is 1.85 bits per heavy atom. The smallest absolute Gasteiger partial charge is 0.0372 e. The molecule has 2 aliphatic rings. The highest BCUT2D eigenvalue weighted by atomic mass is 14.9. The predicted octanol–water partition coefficient (Wildman–Crippen LogP) is 4.00. The molecular formula is C19H21N. The quantitative estimate of drug-likeness (QED) is 0.863. The third-order valence-electron chi connectivity index (χ3n) is 4.79. The highest BCUT2D eigenvalue weighted by Gasteiger charge is 2.19. The van der Waals surface area contributed by atoms with Crippen LogP contribution in [-0.2, 0) is 25.7 Å². The molecule has 1 atom stereocenters. The Labute approximate surface area is 121 Å². The Hall–Kier alpha value is -1.76. The minimum absolute atomic E-state index is 0.726. The standard InChI is InChI=1S/C19H21N/c1-2-7-19-18(4-1)12-15(13-20-19)10-14-8-9-16-5-3-6-17(16)11-14/h1-2,4,7-9,11,15,20H,3,5-6,10,12-13H2. The average molecular weight is 263 g/mol. The fourth-order valence-corrected chi connectivity index (χ4v) is 3.74. The first-order valence-corrected chi connectivity index (χ1v) is 7.81. The van der Waals surface area contributed by atoms with E-state index in [-0.39, 0.29) is 0 Å². The zero-order chi connectivity index (χ0) is 13.4. The van der Waals surface area contributed by atoms with Crippen molar-refractivity contribution in [3.8, 4) is 0 Å². The van der Waals surface area contributed by atoms with E-state index >= 15 is 0 Å². The van der Waals surface area contributed by atoms with E-state index in [0.29, 0.717) is 0 Å². The Kier molecular flexibility index (Phi) is 2.99. The molecule has 0 radical (unpaired) electrons. The van der Waals surface area contributed by atoms with Gasteiger partial charge in [0, 0.05) is 12.2 Å². The van der Waals surface area contributed by atoms with Gasteiger partial charge in [0.1, 0.15) is 0 Å². The Morgan fingerprint density at radius 1 is 0.950 bits per heavy atom. The summed E-state index contributed by atoms with van der Waals surface area (Å²) in [6, 6.07) is 15.9. The number of benzene rings is 2. The first kappa shape index (κ1) is 12.0. The Morgan fingerprint density at radius 3 is 2.85 bits per heavy atom. The number of aryl methyl sites for hydroxylation is 2. The van der Waals surface area contributed by atoms with Gasteiger partial charge in [-0.1, -0.05) is 36.4 Å². The predicted molar refractivity (Wildman–Crippen MR) is 84.3 cm³/mol. The van der Waals surface area contributed by atoms with Crippen molar-refractivity contribution in [1.29, 1.82) is 0 Å². The van der Waals surface area contributed by atoms with E-state index in [1.807, 2.05) is 0 Å². The maximum absolute atomic E-state index is 3.59. The second kappa shape index (κ2) is 4.97. The van der Waals surface area contributed by atoms with Gasteiger partial charge in [-0.2, -0.15) is 0 Å². The SMILES string of the molecule is c1ccc2c(c1)CC(Cc1ccc3c(c1)CCC3)CN2. The van der Waals surface area contributed by atoms with Crippen LogP contribution in [0.2, 0.25) is 0 Å². The molecule has 0 aromatic heterocycles. The third kappa shape index (κ3) is 2.22. The van der Waals surface area contributed by atoms with Crippen LogP contribution in [0.1, 0.15) is 28.7 Å². The van der Waals surface area contributed by atoms with Gasteiger partial charge in [-0.3, -0.25) is 0 Å². The van der Waals surface area contributed by atoms with Gasteiger partial charge in [0.2, 0.25) is 0 Å². The summed E-state index contributed by atoms with van der Waals surface area (Å²) < 4.78 is 0. The molecule has 0 spiro atoms. The molecule has 102 valence electrons. The van der Waals surface area contributed by atoms with E-state index in [9.17, 15) is 0 Å². The molecule has 2 aromatic carbocycles. The van der Waals surface area contributed by atoms with Crippen LogP contribution < -0.4 is 5.32 Å². The molecule has 4 rings (SSSR count). The molecule has 0 amide bonds. The number of hydrogen-bond donors (Lipinski definition) is 1. The molecule has 1 aliphatic carbocycles. The molecule has 20 heavy (non-hydrogen) atoms. The lowest BCUT2D eigenvalue weighted by Gasteiger charge is -2.26. The molecule has 0 saturated heterocycles. The van der Waals surface area contributed by atoms with Crippen LogP contribution in [-0.4, -0.2) is 6.54 Å².